The summed E-state index contributed by atoms with van der Waals surface area (Å²) in [6.07, 6.45) is 2.48. The van der Waals surface area contributed by atoms with Crippen molar-refractivity contribution >= 4 is 11.7 Å². The zero-order chi connectivity index (χ0) is 9.56. The molecular weight excluding hydrogens is 154 g/mol. The molecule has 1 fully saturated rings. The highest BCUT2D eigenvalue weighted by Crippen LogP contribution is 2.04. The molecule has 0 aromatic rings. The summed E-state index contributed by atoms with van der Waals surface area (Å²) in [6.45, 7) is 4.39. The summed E-state index contributed by atoms with van der Waals surface area (Å²) in [4.78, 5) is 22.1. The van der Waals surface area contributed by atoms with Crippen molar-refractivity contribution in [1.29, 1.82) is 0 Å². The van der Waals surface area contributed by atoms with Gasteiger partial charge < -0.3 is 9.69 Å². The summed E-state index contributed by atoms with van der Waals surface area (Å²) >= 11 is 0. The average molecular weight is 171 g/mol. The first-order chi connectivity index (χ1) is 5.57. The fraction of sp³-hybridized carbons (Fsp3) is 0.778. The van der Waals surface area contributed by atoms with Crippen LogP contribution in [0.2, 0.25) is 0 Å². The SMILES string of the molecule is CCC(C)=O.CN1CCCC1=O. The second-order valence-electron chi connectivity index (χ2n) is 2.97. The van der Waals surface area contributed by atoms with Gasteiger partial charge in [-0.3, -0.25) is 4.79 Å². The summed E-state index contributed by atoms with van der Waals surface area (Å²) < 4.78 is 0. The third-order valence-electron chi connectivity index (χ3n) is 1.81. The van der Waals surface area contributed by atoms with Crippen molar-refractivity contribution in [2.75, 3.05) is 13.6 Å². The fourth-order valence-electron chi connectivity index (χ4n) is 0.783. The Morgan fingerprint density at radius 3 is 2.17 bits per heavy atom. The zero-order valence-corrected chi connectivity index (χ0v) is 8.09. The first-order valence-electron chi connectivity index (χ1n) is 4.31. The number of carbonyl (C=O) groups excluding carboxylic acids is 2. The predicted octanol–water partition coefficient (Wildman–Crippen LogP) is 1.22. The lowest BCUT2D eigenvalue weighted by molar-refractivity contribution is -0.126. The van der Waals surface area contributed by atoms with Gasteiger partial charge in [0.1, 0.15) is 5.78 Å². The molecule has 0 spiro atoms. The Bertz CT molecular complexity index is 166. The van der Waals surface area contributed by atoms with Crippen molar-refractivity contribution in [3.05, 3.63) is 0 Å². The van der Waals surface area contributed by atoms with Gasteiger partial charge in [0, 0.05) is 26.4 Å². The van der Waals surface area contributed by atoms with Gasteiger partial charge in [0.25, 0.3) is 0 Å². The lowest BCUT2D eigenvalue weighted by atomic mass is 10.4. The van der Waals surface area contributed by atoms with E-state index in [-0.39, 0.29) is 5.78 Å². The van der Waals surface area contributed by atoms with Crippen LogP contribution in [0.15, 0.2) is 0 Å². The third-order valence-corrected chi connectivity index (χ3v) is 1.81. The van der Waals surface area contributed by atoms with E-state index in [4.69, 9.17) is 0 Å². The highest BCUT2D eigenvalue weighted by Gasteiger charge is 2.14. The van der Waals surface area contributed by atoms with Crippen LogP contribution in [0.3, 0.4) is 0 Å². The fourth-order valence-corrected chi connectivity index (χ4v) is 0.783. The van der Waals surface area contributed by atoms with Crippen LogP contribution >= 0.6 is 0 Å². The molecule has 0 saturated carbocycles. The smallest absolute Gasteiger partial charge is 0.222 e. The maximum absolute atomic E-state index is 10.5. The topological polar surface area (TPSA) is 37.4 Å². The van der Waals surface area contributed by atoms with E-state index in [2.05, 4.69) is 0 Å². The molecule has 1 saturated heterocycles. The van der Waals surface area contributed by atoms with Crippen LogP contribution in [-0.2, 0) is 9.59 Å². The largest absolute Gasteiger partial charge is 0.346 e. The highest BCUT2D eigenvalue weighted by atomic mass is 16.2. The van der Waals surface area contributed by atoms with Gasteiger partial charge >= 0.3 is 0 Å². The normalized spacial score (nSPS) is 15.6. The summed E-state index contributed by atoms with van der Waals surface area (Å²) in [7, 11) is 1.84. The molecule has 1 aliphatic rings. The molecule has 0 bridgehead atoms. The van der Waals surface area contributed by atoms with E-state index in [0.717, 1.165) is 19.4 Å². The first kappa shape index (κ1) is 11.1. The summed E-state index contributed by atoms with van der Waals surface area (Å²) in [5, 5.41) is 0. The summed E-state index contributed by atoms with van der Waals surface area (Å²) in [6, 6.07) is 0. The number of amides is 1. The van der Waals surface area contributed by atoms with Gasteiger partial charge in [-0.05, 0) is 13.3 Å². The molecule has 3 heteroatoms. The molecule has 12 heavy (non-hydrogen) atoms. The van der Waals surface area contributed by atoms with E-state index in [9.17, 15) is 9.59 Å². The van der Waals surface area contributed by atoms with Gasteiger partial charge in [0.2, 0.25) is 5.91 Å². The maximum atomic E-state index is 10.5. The molecule has 0 aromatic carbocycles. The molecule has 0 aliphatic carbocycles. The van der Waals surface area contributed by atoms with Crippen LogP contribution in [0.25, 0.3) is 0 Å². The van der Waals surface area contributed by atoms with Crippen LogP contribution in [0.1, 0.15) is 33.1 Å². The van der Waals surface area contributed by atoms with E-state index >= 15 is 0 Å². The Kier molecular flexibility index (Phi) is 5.34. The molecule has 3 nitrogen and oxygen atoms in total. The Hall–Kier alpha value is -0.860. The van der Waals surface area contributed by atoms with E-state index in [1.807, 2.05) is 14.0 Å². The molecule has 0 radical (unpaired) electrons. The van der Waals surface area contributed by atoms with Crippen LogP contribution in [0.5, 0.6) is 0 Å². The van der Waals surface area contributed by atoms with Crippen molar-refractivity contribution in [1.82, 2.24) is 4.90 Å². The number of carbonyl (C=O) groups is 2. The number of hydrogen-bond acceptors (Lipinski definition) is 2. The summed E-state index contributed by atoms with van der Waals surface area (Å²) in [5.41, 5.74) is 0. The second kappa shape index (κ2) is 5.75. The van der Waals surface area contributed by atoms with Crippen LogP contribution < -0.4 is 0 Å². The molecule has 1 rings (SSSR count). The Balaban J connectivity index is 0.000000217. The van der Waals surface area contributed by atoms with E-state index in [0.29, 0.717) is 12.3 Å². The van der Waals surface area contributed by atoms with E-state index in [1.54, 1.807) is 11.8 Å². The second-order valence-corrected chi connectivity index (χ2v) is 2.97. The standard InChI is InChI=1S/C5H9NO.C4H8O/c1-6-4-2-3-5(6)7;1-3-4(2)5/h2-4H2,1H3;3H2,1-2H3. The monoisotopic (exact) mass is 171 g/mol. The number of hydrogen-bond donors (Lipinski definition) is 0. The van der Waals surface area contributed by atoms with E-state index < -0.39 is 0 Å². The Morgan fingerprint density at radius 1 is 1.58 bits per heavy atom. The predicted molar refractivity (Wildman–Crippen MR) is 47.8 cm³/mol. The highest BCUT2D eigenvalue weighted by molar-refractivity contribution is 5.77. The van der Waals surface area contributed by atoms with Crippen LogP contribution in [-0.4, -0.2) is 30.2 Å². The minimum atomic E-state index is 0.255. The molecule has 0 N–H and O–H groups in total. The minimum Gasteiger partial charge on any atom is -0.346 e. The van der Waals surface area contributed by atoms with Gasteiger partial charge in [-0.1, -0.05) is 6.92 Å². The molecule has 0 aromatic heterocycles. The zero-order valence-electron chi connectivity index (χ0n) is 8.09. The molecule has 0 atom stereocenters. The van der Waals surface area contributed by atoms with Gasteiger partial charge in [0.05, 0.1) is 0 Å². The molecule has 70 valence electrons. The molecule has 0 unspecified atom stereocenters. The van der Waals surface area contributed by atoms with Crippen molar-refractivity contribution in [3.8, 4) is 0 Å². The van der Waals surface area contributed by atoms with Gasteiger partial charge in [-0.2, -0.15) is 0 Å². The first-order valence-corrected chi connectivity index (χ1v) is 4.31. The number of nitrogens with zero attached hydrogens (tertiary/aromatic N) is 1. The average Bonchev–Trinajstić information content (AvgIpc) is 2.37. The number of ketones is 1. The number of likely N-dealkylation sites (tertiary alicyclic amines) is 1. The molecule has 1 amide bonds. The lowest BCUT2D eigenvalue weighted by Gasteiger charge is -2.03. The quantitative estimate of drug-likeness (QED) is 0.595. The lowest BCUT2D eigenvalue weighted by Crippen LogP contribution is -2.17. The van der Waals surface area contributed by atoms with Crippen LogP contribution in [0, 0.1) is 0 Å². The summed E-state index contributed by atoms with van der Waals surface area (Å²) in [5.74, 6) is 0.546. The van der Waals surface area contributed by atoms with Crippen molar-refractivity contribution in [3.63, 3.8) is 0 Å². The van der Waals surface area contributed by atoms with Crippen LogP contribution in [0.4, 0.5) is 0 Å². The maximum Gasteiger partial charge on any atom is 0.222 e. The van der Waals surface area contributed by atoms with Crippen molar-refractivity contribution in [2.24, 2.45) is 0 Å². The third kappa shape index (κ3) is 4.88. The van der Waals surface area contributed by atoms with Crippen molar-refractivity contribution < 1.29 is 9.59 Å². The molecular formula is C9H17NO2. The Morgan fingerprint density at radius 2 is 2.08 bits per heavy atom. The molecule has 1 heterocycles. The number of rotatable bonds is 1. The number of Topliss-reactive ketones (excluding diaryl/α,β-unsaturated/α-hetero) is 1. The molecule has 1 aliphatic heterocycles. The minimum absolute atomic E-state index is 0.255. The Labute approximate surface area is 73.7 Å². The van der Waals surface area contributed by atoms with Gasteiger partial charge in [0.15, 0.2) is 0 Å². The van der Waals surface area contributed by atoms with Gasteiger partial charge in [-0.15, -0.1) is 0 Å². The van der Waals surface area contributed by atoms with Crippen molar-refractivity contribution in [2.45, 2.75) is 33.1 Å². The van der Waals surface area contributed by atoms with Gasteiger partial charge in [-0.25, -0.2) is 0 Å². The van der Waals surface area contributed by atoms with E-state index in [1.165, 1.54) is 0 Å².